The van der Waals surface area contributed by atoms with Crippen molar-refractivity contribution in [1.29, 1.82) is 5.26 Å². The van der Waals surface area contributed by atoms with Crippen LogP contribution in [0.3, 0.4) is 0 Å². The molecule has 2 heterocycles. The molecule has 1 aliphatic rings. The quantitative estimate of drug-likeness (QED) is 0.354. The van der Waals surface area contributed by atoms with Gasteiger partial charge in [-0.15, -0.1) is 0 Å². The molecule has 2 aromatic carbocycles. The Morgan fingerprint density at radius 3 is 2.50 bits per heavy atom. The van der Waals surface area contributed by atoms with Crippen LogP contribution in [0.4, 0.5) is 5.69 Å². The molecule has 0 radical (unpaired) electrons. The van der Waals surface area contributed by atoms with Crippen molar-refractivity contribution in [3.8, 4) is 11.8 Å². The van der Waals surface area contributed by atoms with Crippen molar-refractivity contribution in [2.75, 3.05) is 18.2 Å². The van der Waals surface area contributed by atoms with E-state index in [1.165, 1.54) is 7.11 Å². The lowest BCUT2D eigenvalue weighted by Crippen LogP contribution is -2.31. The number of nitrogens with one attached hydrogen (secondary N) is 2. The summed E-state index contributed by atoms with van der Waals surface area (Å²) in [6.45, 7) is 3.71. The number of nitriles is 1. The monoisotopic (exact) mass is 529 g/mol. The van der Waals surface area contributed by atoms with E-state index in [2.05, 4.69) is 16.7 Å². The molecule has 8 nitrogen and oxygen atoms in total. The van der Waals surface area contributed by atoms with Gasteiger partial charge in [0.1, 0.15) is 23.9 Å². The number of ether oxygens (including phenoxy) is 2. The Labute approximate surface area is 225 Å². The third-order valence-electron chi connectivity index (χ3n) is 5.87. The Morgan fingerprint density at radius 1 is 1.08 bits per heavy atom. The van der Waals surface area contributed by atoms with E-state index < -0.39 is 17.8 Å². The van der Waals surface area contributed by atoms with Crippen molar-refractivity contribution >= 4 is 29.3 Å². The number of aryl methyl sites for hydroxylation is 1. The number of rotatable bonds is 9. The Kier molecular flexibility index (Phi) is 8.56. The molecule has 0 saturated heterocycles. The zero-order valence-corrected chi connectivity index (χ0v) is 22.1. The van der Waals surface area contributed by atoms with Crippen molar-refractivity contribution < 1.29 is 23.5 Å². The molecule has 1 amide bonds. The SMILES string of the molecule is COc1ccccc1NC(=O)C1=C(C)NC(SCC(=O)OCc2ccccc2)=C(C#N)C1c1ccc(C)o1. The molecule has 1 aromatic heterocycles. The molecule has 0 spiro atoms. The van der Waals surface area contributed by atoms with E-state index in [9.17, 15) is 14.9 Å². The van der Waals surface area contributed by atoms with Crippen LogP contribution in [0.2, 0.25) is 0 Å². The average molecular weight is 530 g/mol. The van der Waals surface area contributed by atoms with Gasteiger partial charge in [-0.1, -0.05) is 54.2 Å². The van der Waals surface area contributed by atoms with Gasteiger partial charge in [-0.3, -0.25) is 9.59 Å². The first-order valence-corrected chi connectivity index (χ1v) is 12.8. The highest BCUT2D eigenvalue weighted by atomic mass is 32.2. The van der Waals surface area contributed by atoms with Crippen LogP contribution in [-0.2, 0) is 20.9 Å². The van der Waals surface area contributed by atoms with Gasteiger partial charge in [-0.25, -0.2) is 0 Å². The van der Waals surface area contributed by atoms with Crippen molar-refractivity contribution in [3.63, 3.8) is 0 Å². The first-order valence-electron chi connectivity index (χ1n) is 11.9. The third-order valence-corrected chi connectivity index (χ3v) is 6.86. The number of thioether (sulfide) groups is 1. The maximum absolute atomic E-state index is 13.6. The number of esters is 1. The molecule has 194 valence electrons. The summed E-state index contributed by atoms with van der Waals surface area (Å²) in [6.07, 6.45) is 0. The second-order valence-electron chi connectivity index (χ2n) is 8.49. The molecule has 9 heteroatoms. The number of anilines is 1. The van der Waals surface area contributed by atoms with E-state index in [4.69, 9.17) is 13.9 Å². The van der Waals surface area contributed by atoms with Crippen molar-refractivity contribution in [3.05, 3.63) is 106 Å². The number of benzene rings is 2. The fourth-order valence-electron chi connectivity index (χ4n) is 4.07. The van der Waals surface area contributed by atoms with E-state index in [1.807, 2.05) is 30.3 Å². The summed E-state index contributed by atoms with van der Waals surface area (Å²) in [7, 11) is 1.52. The second-order valence-corrected chi connectivity index (χ2v) is 9.47. The Morgan fingerprint density at radius 2 is 1.82 bits per heavy atom. The maximum atomic E-state index is 13.6. The predicted octanol–water partition coefficient (Wildman–Crippen LogP) is 5.41. The van der Waals surface area contributed by atoms with Crippen molar-refractivity contribution in [2.45, 2.75) is 26.4 Å². The van der Waals surface area contributed by atoms with Crippen LogP contribution in [0.25, 0.3) is 0 Å². The molecule has 1 unspecified atom stereocenters. The Bertz CT molecular complexity index is 1440. The van der Waals surface area contributed by atoms with Gasteiger partial charge in [-0.2, -0.15) is 5.26 Å². The molecule has 2 N–H and O–H groups in total. The number of nitrogens with zero attached hydrogens (tertiary/aromatic N) is 1. The Hall–Kier alpha value is -4.42. The average Bonchev–Trinajstić information content (AvgIpc) is 3.36. The normalized spacial score (nSPS) is 14.9. The number of carbonyl (C=O) groups excluding carboxylic acids is 2. The number of hydrogen-bond acceptors (Lipinski definition) is 8. The van der Waals surface area contributed by atoms with Gasteiger partial charge in [0.2, 0.25) is 0 Å². The largest absolute Gasteiger partial charge is 0.495 e. The van der Waals surface area contributed by atoms with Crippen molar-refractivity contribution in [1.82, 2.24) is 5.32 Å². The van der Waals surface area contributed by atoms with Gasteiger partial charge in [0.05, 0.1) is 46.7 Å². The van der Waals surface area contributed by atoms with Gasteiger partial charge in [0.15, 0.2) is 0 Å². The lowest BCUT2D eigenvalue weighted by Gasteiger charge is -2.28. The van der Waals surface area contributed by atoms with Gasteiger partial charge in [0.25, 0.3) is 5.91 Å². The van der Waals surface area contributed by atoms with Gasteiger partial charge in [0, 0.05) is 5.70 Å². The highest BCUT2D eigenvalue weighted by molar-refractivity contribution is 8.03. The maximum Gasteiger partial charge on any atom is 0.316 e. The number of allylic oxidation sites excluding steroid dienone is 2. The third kappa shape index (κ3) is 6.10. The molecule has 0 bridgehead atoms. The fourth-order valence-corrected chi connectivity index (χ4v) is 4.96. The smallest absolute Gasteiger partial charge is 0.316 e. The molecule has 1 aliphatic heterocycles. The number of carbonyl (C=O) groups is 2. The number of methoxy groups -OCH3 is 1. The summed E-state index contributed by atoms with van der Waals surface area (Å²) in [6, 6.07) is 22.2. The topological polar surface area (TPSA) is 114 Å². The number of dihydropyridines is 1. The lowest BCUT2D eigenvalue weighted by molar-refractivity contribution is -0.141. The molecule has 0 aliphatic carbocycles. The standard InChI is InChI=1S/C29H27N3O5S/c1-18-13-14-24(37-18)27-21(15-30)29(38-17-25(33)36-16-20-9-5-4-6-10-20)31-19(2)26(27)28(34)32-22-11-7-8-12-23(22)35-3/h4-14,27,31H,16-17H2,1-3H3,(H,32,34). The van der Waals surface area contributed by atoms with Crippen LogP contribution in [0.15, 0.2) is 93.0 Å². The molecular weight excluding hydrogens is 502 g/mol. The van der Waals surface area contributed by atoms with Crippen LogP contribution in [0.1, 0.15) is 29.9 Å². The number of furan rings is 1. The van der Waals surface area contributed by atoms with Gasteiger partial charge >= 0.3 is 5.97 Å². The van der Waals surface area contributed by atoms with E-state index in [0.717, 1.165) is 17.3 Å². The summed E-state index contributed by atoms with van der Waals surface area (Å²) >= 11 is 1.15. The molecule has 3 aromatic rings. The summed E-state index contributed by atoms with van der Waals surface area (Å²) in [5, 5.41) is 16.7. The highest BCUT2D eigenvalue weighted by Crippen LogP contribution is 2.41. The Balaban J connectivity index is 1.58. The van der Waals surface area contributed by atoms with Gasteiger partial charge < -0.3 is 24.5 Å². The van der Waals surface area contributed by atoms with Crippen molar-refractivity contribution in [2.24, 2.45) is 0 Å². The highest BCUT2D eigenvalue weighted by Gasteiger charge is 2.37. The number of para-hydroxylation sites is 2. The minimum absolute atomic E-state index is 0.0136. The van der Waals surface area contributed by atoms with Crippen LogP contribution >= 0.6 is 11.8 Å². The van der Waals surface area contributed by atoms with E-state index in [0.29, 0.717) is 39.3 Å². The fraction of sp³-hybridized carbons (Fsp3) is 0.207. The first kappa shape index (κ1) is 26.6. The zero-order chi connectivity index (χ0) is 27.1. The van der Waals surface area contributed by atoms with Crippen LogP contribution < -0.4 is 15.4 Å². The minimum Gasteiger partial charge on any atom is -0.495 e. The lowest BCUT2D eigenvalue weighted by atomic mass is 9.85. The zero-order valence-electron chi connectivity index (χ0n) is 21.2. The van der Waals surface area contributed by atoms with Gasteiger partial charge in [-0.05, 0) is 43.7 Å². The summed E-state index contributed by atoms with van der Waals surface area (Å²) in [5.74, 6) is 0.00338. The number of hydrogen-bond donors (Lipinski definition) is 2. The molecule has 1 atom stereocenters. The summed E-state index contributed by atoms with van der Waals surface area (Å²) in [5.41, 5.74) is 2.53. The minimum atomic E-state index is -0.771. The predicted molar refractivity (Wildman–Crippen MR) is 145 cm³/mol. The van der Waals surface area contributed by atoms with Crippen LogP contribution in [-0.4, -0.2) is 24.7 Å². The second kappa shape index (κ2) is 12.2. The van der Waals surface area contributed by atoms with Crippen LogP contribution in [0, 0.1) is 18.3 Å². The summed E-state index contributed by atoms with van der Waals surface area (Å²) < 4.78 is 16.6. The molecule has 0 saturated carbocycles. The van der Waals surface area contributed by atoms with Crippen LogP contribution in [0.5, 0.6) is 5.75 Å². The molecular formula is C29H27N3O5S. The summed E-state index contributed by atoms with van der Waals surface area (Å²) in [4.78, 5) is 26.0. The number of amides is 1. The molecule has 38 heavy (non-hydrogen) atoms. The molecule has 0 fully saturated rings. The van der Waals surface area contributed by atoms with E-state index in [1.54, 1.807) is 50.2 Å². The van der Waals surface area contributed by atoms with E-state index in [-0.39, 0.29) is 17.9 Å². The first-order chi connectivity index (χ1) is 18.4. The molecule has 4 rings (SSSR count). The van der Waals surface area contributed by atoms with E-state index >= 15 is 0 Å².